The number of nitrogens with one attached hydrogen (secondary N) is 2. The van der Waals surface area contributed by atoms with Crippen molar-refractivity contribution >= 4 is 40.8 Å². The second-order valence-corrected chi connectivity index (χ2v) is 9.37. The molecule has 0 bridgehead atoms. The molecule has 0 heterocycles. The van der Waals surface area contributed by atoms with Gasteiger partial charge in [0, 0.05) is 29.9 Å². The van der Waals surface area contributed by atoms with Gasteiger partial charge in [-0.25, -0.2) is 5.43 Å². The third-order valence-corrected chi connectivity index (χ3v) is 6.32. The second kappa shape index (κ2) is 14.9. The number of hydrogen-bond donors (Lipinski definition) is 3. The van der Waals surface area contributed by atoms with Crippen molar-refractivity contribution in [2.75, 3.05) is 10.2 Å². The molecule has 0 saturated carbocycles. The number of para-hydroxylation sites is 4. The number of phenolic OH excluding ortho intramolecular Hbond substituents is 1. The van der Waals surface area contributed by atoms with Gasteiger partial charge in [-0.15, -0.1) is 0 Å². The van der Waals surface area contributed by atoms with Gasteiger partial charge in [0.15, 0.2) is 0 Å². The summed E-state index contributed by atoms with van der Waals surface area (Å²) in [4.78, 5) is 26.3. The Bertz CT molecular complexity index is 1350. The number of unbranched alkanes of at least 4 members (excludes halogenated alkanes) is 3. The number of amides is 2. The topological polar surface area (TPSA) is 94.0 Å². The molecule has 4 rings (SSSR count). The Labute approximate surface area is 235 Å². The number of benzene rings is 4. The van der Waals surface area contributed by atoms with Crippen molar-refractivity contribution in [1.29, 1.82) is 0 Å². The van der Waals surface area contributed by atoms with Gasteiger partial charge in [-0.3, -0.25) is 9.59 Å². The predicted octanol–water partition coefficient (Wildman–Crippen LogP) is 7.29. The predicted molar refractivity (Wildman–Crippen MR) is 161 cm³/mol. The van der Waals surface area contributed by atoms with Crippen LogP contribution in [-0.2, 0) is 9.59 Å². The first-order valence-corrected chi connectivity index (χ1v) is 13.5. The van der Waals surface area contributed by atoms with E-state index in [0.29, 0.717) is 18.5 Å². The zero-order chi connectivity index (χ0) is 28.0. The smallest absolute Gasteiger partial charge is 0.240 e. The molecule has 0 aliphatic rings. The molecule has 7 heteroatoms. The fourth-order valence-electron chi connectivity index (χ4n) is 4.26. The number of hydrazone groups is 1. The van der Waals surface area contributed by atoms with Gasteiger partial charge in [0.25, 0.3) is 0 Å². The molecule has 0 radical (unpaired) electrons. The lowest BCUT2D eigenvalue weighted by molar-refractivity contribution is -0.121. The Morgan fingerprint density at radius 3 is 1.77 bits per heavy atom. The summed E-state index contributed by atoms with van der Waals surface area (Å²) >= 11 is 0. The van der Waals surface area contributed by atoms with Crippen LogP contribution in [-0.4, -0.2) is 23.1 Å². The normalized spacial score (nSPS) is 10.8. The Hall–Kier alpha value is -4.91. The molecule has 40 heavy (non-hydrogen) atoms. The van der Waals surface area contributed by atoms with Gasteiger partial charge in [0.2, 0.25) is 11.8 Å². The number of carbonyl (C=O) groups is 2. The summed E-state index contributed by atoms with van der Waals surface area (Å²) in [5, 5.41) is 16.5. The quantitative estimate of drug-likeness (QED) is 0.0726. The van der Waals surface area contributed by atoms with E-state index in [4.69, 9.17) is 0 Å². The van der Waals surface area contributed by atoms with E-state index in [1.165, 1.54) is 6.07 Å². The van der Waals surface area contributed by atoms with E-state index in [1.807, 2.05) is 60.7 Å². The zero-order valence-corrected chi connectivity index (χ0v) is 22.4. The van der Waals surface area contributed by atoms with Crippen LogP contribution in [0.3, 0.4) is 0 Å². The molecule has 4 aromatic carbocycles. The first-order chi connectivity index (χ1) is 19.6. The van der Waals surface area contributed by atoms with Crippen molar-refractivity contribution in [3.05, 3.63) is 115 Å². The fraction of sp³-hybridized carbons (Fsp3) is 0.182. The Balaban J connectivity index is 1.17. The molecule has 7 nitrogen and oxygen atoms in total. The minimum atomic E-state index is -0.135. The van der Waals surface area contributed by atoms with E-state index in [9.17, 15) is 14.7 Å². The van der Waals surface area contributed by atoms with Gasteiger partial charge in [0.1, 0.15) is 5.75 Å². The van der Waals surface area contributed by atoms with Gasteiger partial charge < -0.3 is 15.3 Å². The van der Waals surface area contributed by atoms with E-state index in [1.54, 1.807) is 24.4 Å². The first-order valence-electron chi connectivity index (χ1n) is 13.5. The van der Waals surface area contributed by atoms with Crippen LogP contribution < -0.4 is 15.6 Å². The molecule has 0 atom stereocenters. The van der Waals surface area contributed by atoms with Crippen molar-refractivity contribution in [3.63, 3.8) is 0 Å². The van der Waals surface area contributed by atoms with Gasteiger partial charge in [-0.2, -0.15) is 5.10 Å². The SMILES string of the molecule is O=C(CCCCCCC(=O)Nc1ccccc1O)N/N=C/c1ccc(N(c2ccccc2)c2ccccc2)cc1. The van der Waals surface area contributed by atoms with Crippen LogP contribution in [0.15, 0.2) is 114 Å². The van der Waals surface area contributed by atoms with Crippen molar-refractivity contribution < 1.29 is 14.7 Å². The summed E-state index contributed by atoms with van der Waals surface area (Å²) in [6, 6.07) is 35.1. The number of nitrogens with zero attached hydrogens (tertiary/aromatic N) is 2. The van der Waals surface area contributed by atoms with Crippen molar-refractivity contribution in [1.82, 2.24) is 5.43 Å². The fourth-order valence-corrected chi connectivity index (χ4v) is 4.26. The van der Waals surface area contributed by atoms with Crippen molar-refractivity contribution in [3.8, 4) is 5.75 Å². The molecule has 3 N–H and O–H groups in total. The maximum absolute atomic E-state index is 12.1. The first kappa shape index (κ1) is 28.1. The molecule has 2 amide bonds. The highest BCUT2D eigenvalue weighted by Gasteiger charge is 2.11. The lowest BCUT2D eigenvalue weighted by Crippen LogP contribution is -2.17. The highest BCUT2D eigenvalue weighted by molar-refractivity contribution is 5.92. The maximum atomic E-state index is 12.1. The molecule has 0 aliphatic carbocycles. The number of anilines is 4. The van der Waals surface area contributed by atoms with E-state index >= 15 is 0 Å². The van der Waals surface area contributed by atoms with Crippen LogP contribution >= 0.6 is 0 Å². The number of phenols is 1. The van der Waals surface area contributed by atoms with Crippen LogP contribution in [0.25, 0.3) is 0 Å². The maximum Gasteiger partial charge on any atom is 0.240 e. The summed E-state index contributed by atoms with van der Waals surface area (Å²) in [6.45, 7) is 0. The summed E-state index contributed by atoms with van der Waals surface area (Å²) in [6.07, 6.45) is 5.54. The van der Waals surface area contributed by atoms with Gasteiger partial charge in [-0.1, -0.05) is 73.5 Å². The highest BCUT2D eigenvalue weighted by atomic mass is 16.3. The van der Waals surface area contributed by atoms with Crippen LogP contribution in [0.2, 0.25) is 0 Å². The molecule has 4 aromatic rings. The average Bonchev–Trinajstić information content (AvgIpc) is 2.98. The Morgan fingerprint density at radius 2 is 1.18 bits per heavy atom. The highest BCUT2D eigenvalue weighted by Crippen LogP contribution is 2.33. The number of hydrogen-bond acceptors (Lipinski definition) is 5. The Morgan fingerprint density at radius 1 is 0.650 bits per heavy atom. The van der Waals surface area contributed by atoms with E-state index in [0.717, 1.165) is 48.3 Å². The molecule has 0 unspecified atom stereocenters. The van der Waals surface area contributed by atoms with Crippen LogP contribution in [0.5, 0.6) is 5.75 Å². The monoisotopic (exact) mass is 534 g/mol. The third kappa shape index (κ3) is 8.56. The lowest BCUT2D eigenvalue weighted by atomic mass is 10.1. The summed E-state index contributed by atoms with van der Waals surface area (Å²) in [7, 11) is 0. The number of carbonyl (C=O) groups excluding carboxylic acids is 2. The van der Waals surface area contributed by atoms with Gasteiger partial charge in [-0.05, 0) is 66.9 Å². The molecule has 0 saturated heterocycles. The van der Waals surface area contributed by atoms with E-state index in [-0.39, 0.29) is 17.6 Å². The van der Waals surface area contributed by atoms with Crippen molar-refractivity contribution in [2.24, 2.45) is 5.10 Å². The zero-order valence-electron chi connectivity index (χ0n) is 22.4. The van der Waals surface area contributed by atoms with Crippen LogP contribution in [0.4, 0.5) is 22.7 Å². The molecule has 204 valence electrons. The standard InChI is InChI=1S/C33H34N4O3/c38-31-18-12-11-17-30(31)35-32(39)19-9-1-2-10-20-33(40)36-34-25-26-21-23-29(24-22-26)37(27-13-5-3-6-14-27)28-15-7-4-8-16-28/h3-8,11-18,21-25,38H,1-2,9-10,19-20H2,(H,35,39)(H,36,40)/b34-25+. The van der Waals surface area contributed by atoms with Crippen molar-refractivity contribution in [2.45, 2.75) is 38.5 Å². The summed E-state index contributed by atoms with van der Waals surface area (Å²) < 4.78 is 0. The Kier molecular flexibility index (Phi) is 10.5. The molecule has 0 aliphatic heterocycles. The molecule has 0 aromatic heterocycles. The minimum Gasteiger partial charge on any atom is -0.506 e. The molecule has 0 fully saturated rings. The van der Waals surface area contributed by atoms with E-state index in [2.05, 4.69) is 45.0 Å². The second-order valence-electron chi connectivity index (χ2n) is 9.37. The average molecular weight is 535 g/mol. The molecular formula is C33H34N4O3. The number of aromatic hydroxyl groups is 1. The number of rotatable bonds is 13. The van der Waals surface area contributed by atoms with E-state index < -0.39 is 0 Å². The summed E-state index contributed by atoms with van der Waals surface area (Å²) in [5.41, 5.74) is 7.05. The van der Waals surface area contributed by atoms with Crippen LogP contribution in [0, 0.1) is 0 Å². The molecular weight excluding hydrogens is 500 g/mol. The minimum absolute atomic E-state index is 0.0549. The summed E-state index contributed by atoms with van der Waals surface area (Å²) in [5.74, 6) is -0.210. The van der Waals surface area contributed by atoms with Gasteiger partial charge >= 0.3 is 0 Å². The van der Waals surface area contributed by atoms with Gasteiger partial charge in [0.05, 0.1) is 11.9 Å². The molecule has 0 spiro atoms. The largest absolute Gasteiger partial charge is 0.506 e. The van der Waals surface area contributed by atoms with Crippen LogP contribution in [0.1, 0.15) is 44.1 Å². The third-order valence-electron chi connectivity index (χ3n) is 6.32. The lowest BCUT2D eigenvalue weighted by Gasteiger charge is -2.25.